The second-order valence-electron chi connectivity index (χ2n) is 5.57. The molecule has 3 heterocycles. The van der Waals surface area contributed by atoms with Crippen molar-refractivity contribution in [3.63, 3.8) is 0 Å². The Kier molecular flexibility index (Phi) is 5.18. The van der Waals surface area contributed by atoms with Gasteiger partial charge in [-0.05, 0) is 19.4 Å². The number of piperidine rings is 1. The number of morpholine rings is 1. The summed E-state index contributed by atoms with van der Waals surface area (Å²) in [6.45, 7) is 6.12. The molecule has 0 saturated carbocycles. The molecule has 116 valence electrons. The molecule has 0 aliphatic carbocycles. The first-order valence-electron chi connectivity index (χ1n) is 7.57. The number of nitrogens with one attached hydrogen (secondary N) is 2. The standard InChI is InChI=1S/C14H22N4O2S/c19-13(11-2-1-3-15-8-11)17-14-16-12(10-21-14)9-18-4-6-20-7-5-18/h10-11,15H,1-9H2,(H,16,17,19). The zero-order valence-electron chi connectivity index (χ0n) is 12.1. The summed E-state index contributed by atoms with van der Waals surface area (Å²) in [5.41, 5.74) is 1.03. The first-order valence-corrected chi connectivity index (χ1v) is 8.45. The molecule has 2 saturated heterocycles. The average molecular weight is 310 g/mol. The number of thiazole rings is 1. The highest BCUT2D eigenvalue weighted by Crippen LogP contribution is 2.19. The third kappa shape index (κ3) is 4.23. The summed E-state index contributed by atoms with van der Waals surface area (Å²) < 4.78 is 5.34. The molecule has 2 N–H and O–H groups in total. The Labute approximate surface area is 128 Å². The first-order chi connectivity index (χ1) is 10.3. The van der Waals surface area contributed by atoms with Crippen molar-refractivity contribution < 1.29 is 9.53 Å². The minimum atomic E-state index is 0.0744. The number of carbonyl (C=O) groups is 1. The molecule has 1 atom stereocenters. The summed E-state index contributed by atoms with van der Waals surface area (Å²) in [4.78, 5) is 19.0. The van der Waals surface area contributed by atoms with Crippen molar-refractivity contribution in [2.75, 3.05) is 44.7 Å². The van der Waals surface area contributed by atoms with Gasteiger partial charge in [-0.1, -0.05) is 0 Å². The van der Waals surface area contributed by atoms with Crippen molar-refractivity contribution in [1.29, 1.82) is 0 Å². The predicted molar refractivity (Wildman–Crippen MR) is 82.4 cm³/mol. The molecule has 6 nitrogen and oxygen atoms in total. The maximum Gasteiger partial charge on any atom is 0.230 e. The van der Waals surface area contributed by atoms with Crippen LogP contribution in [-0.4, -0.2) is 55.2 Å². The van der Waals surface area contributed by atoms with Gasteiger partial charge in [-0.15, -0.1) is 11.3 Å². The molecule has 0 aromatic carbocycles. The minimum Gasteiger partial charge on any atom is -0.379 e. The molecular formula is C14H22N4O2S. The van der Waals surface area contributed by atoms with Gasteiger partial charge in [0.15, 0.2) is 5.13 Å². The predicted octanol–water partition coefficient (Wildman–Crippen LogP) is 0.913. The molecule has 1 aromatic heterocycles. The monoisotopic (exact) mass is 310 g/mol. The molecule has 2 fully saturated rings. The number of nitrogens with zero attached hydrogens (tertiary/aromatic N) is 2. The van der Waals surface area contributed by atoms with Gasteiger partial charge in [0.2, 0.25) is 5.91 Å². The van der Waals surface area contributed by atoms with Crippen LogP contribution in [0.4, 0.5) is 5.13 Å². The molecule has 21 heavy (non-hydrogen) atoms. The van der Waals surface area contributed by atoms with E-state index >= 15 is 0 Å². The van der Waals surface area contributed by atoms with Crippen LogP contribution >= 0.6 is 11.3 Å². The number of ether oxygens (including phenoxy) is 1. The Morgan fingerprint density at radius 2 is 2.38 bits per heavy atom. The van der Waals surface area contributed by atoms with Gasteiger partial charge in [-0.25, -0.2) is 4.98 Å². The second kappa shape index (κ2) is 7.31. The molecule has 1 unspecified atom stereocenters. The van der Waals surface area contributed by atoms with Crippen LogP contribution in [0, 0.1) is 5.92 Å². The van der Waals surface area contributed by atoms with Crippen molar-refractivity contribution in [2.24, 2.45) is 5.92 Å². The minimum absolute atomic E-state index is 0.0744. The van der Waals surface area contributed by atoms with Crippen molar-refractivity contribution in [3.05, 3.63) is 11.1 Å². The fraction of sp³-hybridized carbons (Fsp3) is 0.714. The lowest BCUT2D eigenvalue weighted by Crippen LogP contribution is -2.37. The molecule has 2 aliphatic rings. The van der Waals surface area contributed by atoms with Crippen LogP contribution in [-0.2, 0) is 16.1 Å². The van der Waals surface area contributed by atoms with Crippen LogP contribution in [0.15, 0.2) is 5.38 Å². The van der Waals surface area contributed by atoms with Gasteiger partial charge in [0.25, 0.3) is 0 Å². The van der Waals surface area contributed by atoms with E-state index in [9.17, 15) is 4.79 Å². The van der Waals surface area contributed by atoms with E-state index in [1.165, 1.54) is 11.3 Å². The molecule has 2 aliphatic heterocycles. The van der Waals surface area contributed by atoms with E-state index in [4.69, 9.17) is 4.74 Å². The van der Waals surface area contributed by atoms with Gasteiger partial charge >= 0.3 is 0 Å². The van der Waals surface area contributed by atoms with Crippen LogP contribution in [0.25, 0.3) is 0 Å². The first kappa shape index (κ1) is 14.9. The Hall–Kier alpha value is -1.02. The fourth-order valence-electron chi connectivity index (χ4n) is 2.71. The number of anilines is 1. The maximum absolute atomic E-state index is 12.2. The summed E-state index contributed by atoms with van der Waals surface area (Å²) in [6.07, 6.45) is 2.03. The van der Waals surface area contributed by atoms with Crippen molar-refractivity contribution >= 4 is 22.4 Å². The topological polar surface area (TPSA) is 66.5 Å². The number of hydrogen-bond donors (Lipinski definition) is 2. The van der Waals surface area contributed by atoms with E-state index in [2.05, 4.69) is 20.5 Å². The lowest BCUT2D eigenvalue weighted by molar-refractivity contribution is -0.120. The van der Waals surface area contributed by atoms with Gasteiger partial charge in [-0.2, -0.15) is 0 Å². The molecule has 1 amide bonds. The van der Waals surface area contributed by atoms with Gasteiger partial charge in [0.1, 0.15) is 0 Å². The molecule has 0 spiro atoms. The van der Waals surface area contributed by atoms with E-state index in [0.29, 0.717) is 5.13 Å². The largest absolute Gasteiger partial charge is 0.379 e. The number of rotatable bonds is 4. The lowest BCUT2D eigenvalue weighted by atomic mass is 9.99. The van der Waals surface area contributed by atoms with Gasteiger partial charge in [-0.3, -0.25) is 9.69 Å². The SMILES string of the molecule is O=C(Nc1nc(CN2CCOCC2)cs1)C1CCCNC1. The van der Waals surface area contributed by atoms with Gasteiger partial charge in [0.05, 0.1) is 24.8 Å². The van der Waals surface area contributed by atoms with E-state index in [0.717, 1.165) is 64.5 Å². The molecule has 1 aromatic rings. The van der Waals surface area contributed by atoms with E-state index < -0.39 is 0 Å². The van der Waals surface area contributed by atoms with Crippen molar-refractivity contribution in [1.82, 2.24) is 15.2 Å². The van der Waals surface area contributed by atoms with E-state index in [-0.39, 0.29) is 11.8 Å². The number of hydrogen-bond acceptors (Lipinski definition) is 6. The van der Waals surface area contributed by atoms with Crippen molar-refractivity contribution in [2.45, 2.75) is 19.4 Å². The van der Waals surface area contributed by atoms with Crippen LogP contribution < -0.4 is 10.6 Å². The molecule has 3 rings (SSSR count). The van der Waals surface area contributed by atoms with E-state index in [1.54, 1.807) is 0 Å². The van der Waals surface area contributed by atoms with Crippen molar-refractivity contribution in [3.8, 4) is 0 Å². The molecule has 7 heteroatoms. The molecule has 0 bridgehead atoms. The number of carbonyl (C=O) groups excluding carboxylic acids is 1. The van der Waals surface area contributed by atoms with Crippen LogP contribution in [0.2, 0.25) is 0 Å². The van der Waals surface area contributed by atoms with E-state index in [1.807, 2.05) is 5.38 Å². The summed E-state index contributed by atoms with van der Waals surface area (Å²) in [6, 6.07) is 0. The Morgan fingerprint density at radius 1 is 1.52 bits per heavy atom. The number of aromatic nitrogens is 1. The fourth-order valence-corrected chi connectivity index (χ4v) is 3.41. The number of amides is 1. The van der Waals surface area contributed by atoms with Crippen LogP contribution in [0.1, 0.15) is 18.5 Å². The Balaban J connectivity index is 1.50. The Bertz CT molecular complexity index is 467. The second-order valence-corrected chi connectivity index (χ2v) is 6.42. The molecular weight excluding hydrogens is 288 g/mol. The lowest BCUT2D eigenvalue weighted by Gasteiger charge is -2.25. The summed E-state index contributed by atoms with van der Waals surface area (Å²) in [5, 5.41) is 8.97. The zero-order valence-corrected chi connectivity index (χ0v) is 13.0. The average Bonchev–Trinajstić information content (AvgIpc) is 2.96. The van der Waals surface area contributed by atoms with Gasteiger partial charge < -0.3 is 15.4 Å². The third-order valence-electron chi connectivity index (χ3n) is 3.94. The normalized spacial score (nSPS) is 23.9. The summed E-state index contributed by atoms with van der Waals surface area (Å²) >= 11 is 1.51. The third-order valence-corrected chi connectivity index (χ3v) is 4.75. The van der Waals surface area contributed by atoms with Crippen LogP contribution in [0.5, 0.6) is 0 Å². The highest BCUT2D eigenvalue weighted by molar-refractivity contribution is 7.13. The smallest absolute Gasteiger partial charge is 0.230 e. The maximum atomic E-state index is 12.2. The summed E-state index contributed by atoms with van der Waals surface area (Å²) in [5.74, 6) is 0.166. The van der Waals surface area contributed by atoms with Gasteiger partial charge in [0, 0.05) is 31.6 Å². The zero-order chi connectivity index (χ0) is 14.5. The quantitative estimate of drug-likeness (QED) is 0.865. The van der Waals surface area contributed by atoms with Crippen LogP contribution in [0.3, 0.4) is 0 Å². The summed E-state index contributed by atoms with van der Waals surface area (Å²) in [7, 11) is 0. The molecule has 0 radical (unpaired) electrons. The Morgan fingerprint density at radius 3 is 3.14 bits per heavy atom. The highest BCUT2D eigenvalue weighted by Gasteiger charge is 2.22. The highest BCUT2D eigenvalue weighted by atomic mass is 32.1.